The summed E-state index contributed by atoms with van der Waals surface area (Å²) in [6.45, 7) is 2.74. The molecule has 0 saturated heterocycles. The summed E-state index contributed by atoms with van der Waals surface area (Å²) in [5, 5.41) is 8.86. The maximum atomic E-state index is 12.5. The van der Waals surface area contributed by atoms with E-state index in [9.17, 15) is 23.8 Å². The Morgan fingerprint density at radius 1 is 0.588 bits per heavy atom. The Labute approximate surface area is 309 Å². The quantitative estimate of drug-likeness (QED) is 0.0239. The van der Waals surface area contributed by atoms with Crippen molar-refractivity contribution in [3.05, 3.63) is 24.3 Å². The van der Waals surface area contributed by atoms with Gasteiger partial charge in [0.2, 0.25) is 0 Å². The number of hydrogen-bond donors (Lipinski definition) is 3. The van der Waals surface area contributed by atoms with Crippen LogP contribution in [0.1, 0.15) is 174 Å². The molecule has 0 aliphatic rings. The van der Waals surface area contributed by atoms with Crippen LogP contribution < -0.4 is 5.73 Å². The molecule has 0 bridgehead atoms. The van der Waals surface area contributed by atoms with Crippen molar-refractivity contribution in [3.63, 3.8) is 0 Å². The molecule has 0 amide bonds. The Balaban J connectivity index is 4.42. The minimum absolute atomic E-state index is 0.151. The van der Waals surface area contributed by atoms with E-state index in [-0.39, 0.29) is 19.4 Å². The normalized spacial score (nSPS) is 14.1. The molecule has 51 heavy (non-hydrogen) atoms. The second kappa shape index (κ2) is 35.0. The Morgan fingerprint density at radius 3 is 1.47 bits per heavy atom. The van der Waals surface area contributed by atoms with Crippen LogP contribution in [0.3, 0.4) is 0 Å². The van der Waals surface area contributed by atoms with E-state index < -0.39 is 51.1 Å². The number of phosphoric ester groups is 1. The summed E-state index contributed by atoms with van der Waals surface area (Å²) < 4.78 is 32.6. The first-order chi connectivity index (χ1) is 24.6. The summed E-state index contributed by atoms with van der Waals surface area (Å²) in [7, 11) is -4.71. The molecule has 0 aromatic carbocycles. The first-order valence-electron chi connectivity index (χ1n) is 19.9. The summed E-state index contributed by atoms with van der Waals surface area (Å²) in [4.78, 5) is 45.8. The Morgan fingerprint density at radius 2 is 0.980 bits per heavy atom. The van der Waals surface area contributed by atoms with Gasteiger partial charge < -0.3 is 25.2 Å². The van der Waals surface area contributed by atoms with Crippen LogP contribution in [-0.2, 0) is 37.5 Å². The van der Waals surface area contributed by atoms with Crippen LogP contribution in [0.4, 0.5) is 0 Å². The number of hydrogen-bond acceptors (Lipinski definition) is 9. The van der Waals surface area contributed by atoms with E-state index >= 15 is 0 Å². The minimum atomic E-state index is -4.71. The molecule has 11 nitrogen and oxygen atoms in total. The number of phosphoric acid groups is 1. The van der Waals surface area contributed by atoms with Gasteiger partial charge in [-0.3, -0.25) is 23.4 Å². The van der Waals surface area contributed by atoms with Crippen molar-refractivity contribution in [1.29, 1.82) is 0 Å². The monoisotopic (exact) mass is 745 g/mol. The molecule has 0 aromatic heterocycles. The van der Waals surface area contributed by atoms with Gasteiger partial charge in [-0.25, -0.2) is 4.57 Å². The fourth-order valence-electron chi connectivity index (χ4n) is 5.23. The molecule has 12 heteroatoms. The lowest BCUT2D eigenvalue weighted by Gasteiger charge is -2.20. The standard InChI is InChI=1S/C39H72NO10P/c1-3-5-7-9-11-13-15-17-18-19-21-22-24-26-28-30-37(41)47-32-35(33-48-51(45,46)49-34-36(40)39(43)44)50-38(42)31-29-27-25-23-20-16-14-12-10-8-6-4-2/h12-15,35-36H,3-11,16-34,40H2,1-2H3,(H,43,44)(H,45,46)/b14-12+,15-13+/t35-,36+/m1/s1. The van der Waals surface area contributed by atoms with Crippen LogP contribution in [0.15, 0.2) is 24.3 Å². The van der Waals surface area contributed by atoms with Gasteiger partial charge in [-0.2, -0.15) is 0 Å². The van der Waals surface area contributed by atoms with Gasteiger partial charge in [-0.1, -0.05) is 122 Å². The van der Waals surface area contributed by atoms with E-state index in [1.807, 2.05) is 0 Å². The maximum Gasteiger partial charge on any atom is 0.472 e. The lowest BCUT2D eigenvalue weighted by molar-refractivity contribution is -0.161. The van der Waals surface area contributed by atoms with E-state index in [1.165, 1.54) is 70.6 Å². The van der Waals surface area contributed by atoms with Crippen molar-refractivity contribution in [2.45, 2.75) is 187 Å². The van der Waals surface area contributed by atoms with Gasteiger partial charge in [0.25, 0.3) is 0 Å². The second-order valence-corrected chi connectivity index (χ2v) is 14.9. The number of ether oxygens (including phenoxy) is 2. The number of allylic oxidation sites excluding steroid dienone is 4. The van der Waals surface area contributed by atoms with Crippen LogP contribution >= 0.6 is 7.82 Å². The molecule has 0 spiro atoms. The maximum absolute atomic E-state index is 12.5. The molecule has 0 fully saturated rings. The van der Waals surface area contributed by atoms with Crippen molar-refractivity contribution < 1.29 is 47.5 Å². The van der Waals surface area contributed by atoms with Crippen molar-refractivity contribution in [1.82, 2.24) is 0 Å². The Hall–Kier alpha value is -2.04. The fourth-order valence-corrected chi connectivity index (χ4v) is 6.01. The van der Waals surface area contributed by atoms with Crippen LogP contribution in [0, 0.1) is 0 Å². The summed E-state index contributed by atoms with van der Waals surface area (Å²) in [5.74, 6) is -2.39. The van der Waals surface area contributed by atoms with Crippen molar-refractivity contribution >= 4 is 25.7 Å². The van der Waals surface area contributed by atoms with Crippen molar-refractivity contribution in [2.75, 3.05) is 19.8 Å². The first kappa shape index (κ1) is 49.0. The molecule has 4 N–H and O–H groups in total. The molecule has 1 unspecified atom stereocenters. The Kier molecular flexibility index (Phi) is 33.6. The smallest absolute Gasteiger partial charge is 0.472 e. The summed E-state index contributed by atoms with van der Waals surface area (Å²) in [5.41, 5.74) is 5.32. The minimum Gasteiger partial charge on any atom is -0.480 e. The molecule has 0 heterocycles. The van der Waals surface area contributed by atoms with Crippen molar-refractivity contribution in [2.24, 2.45) is 5.73 Å². The summed E-state index contributed by atoms with van der Waals surface area (Å²) in [6.07, 6.45) is 33.9. The molecule has 298 valence electrons. The predicted octanol–water partition coefficient (Wildman–Crippen LogP) is 9.89. The highest BCUT2D eigenvalue weighted by molar-refractivity contribution is 7.47. The predicted molar refractivity (Wildman–Crippen MR) is 203 cm³/mol. The van der Waals surface area contributed by atoms with Gasteiger partial charge in [-0.15, -0.1) is 0 Å². The lowest BCUT2D eigenvalue weighted by Crippen LogP contribution is -2.34. The summed E-state index contributed by atoms with van der Waals surface area (Å²) in [6, 6.07) is -1.52. The Bertz CT molecular complexity index is 974. The average molecular weight is 746 g/mol. The van der Waals surface area contributed by atoms with Gasteiger partial charge in [0, 0.05) is 12.8 Å². The molecule has 0 rings (SSSR count). The van der Waals surface area contributed by atoms with Crippen molar-refractivity contribution in [3.8, 4) is 0 Å². The second-order valence-electron chi connectivity index (χ2n) is 13.4. The van der Waals surface area contributed by atoms with Crippen LogP contribution in [0.5, 0.6) is 0 Å². The van der Waals surface area contributed by atoms with E-state index in [2.05, 4.69) is 42.7 Å². The largest absolute Gasteiger partial charge is 0.480 e. The lowest BCUT2D eigenvalue weighted by atomic mass is 10.1. The number of carbonyl (C=O) groups is 3. The highest BCUT2D eigenvalue weighted by Crippen LogP contribution is 2.43. The van der Waals surface area contributed by atoms with Crippen LogP contribution in [0.2, 0.25) is 0 Å². The number of nitrogens with two attached hydrogens (primary N) is 1. The van der Waals surface area contributed by atoms with Gasteiger partial charge in [-0.05, 0) is 64.2 Å². The molecule has 0 aliphatic heterocycles. The number of carboxylic acids is 1. The van der Waals surface area contributed by atoms with Crippen LogP contribution in [0.25, 0.3) is 0 Å². The molecule has 0 aromatic rings. The highest BCUT2D eigenvalue weighted by atomic mass is 31.2. The van der Waals surface area contributed by atoms with E-state index in [0.29, 0.717) is 12.8 Å². The zero-order valence-corrected chi connectivity index (χ0v) is 32.8. The van der Waals surface area contributed by atoms with Gasteiger partial charge in [0.15, 0.2) is 6.10 Å². The third-order valence-corrected chi connectivity index (χ3v) is 9.37. The topological polar surface area (TPSA) is 172 Å². The van der Waals surface area contributed by atoms with E-state index in [4.69, 9.17) is 24.8 Å². The molecule has 0 radical (unpaired) electrons. The zero-order valence-electron chi connectivity index (χ0n) is 31.9. The SMILES string of the molecule is CCCCC/C=C/CCCCCCCC(=O)O[C@H](COC(=O)CCCCCCCCC/C=C/CCCCCC)COP(=O)(O)OC[C@H](N)C(=O)O. The van der Waals surface area contributed by atoms with Gasteiger partial charge >= 0.3 is 25.7 Å². The zero-order chi connectivity index (χ0) is 37.8. The molecule has 3 atom stereocenters. The number of rotatable bonds is 37. The first-order valence-corrected chi connectivity index (χ1v) is 21.4. The number of carbonyl (C=O) groups excluding carboxylic acids is 2. The average Bonchev–Trinajstić information content (AvgIpc) is 3.10. The molecule has 0 saturated carbocycles. The van der Waals surface area contributed by atoms with Gasteiger partial charge in [0.1, 0.15) is 12.6 Å². The molecule has 0 aliphatic carbocycles. The number of unbranched alkanes of at least 4 members (excludes halogenated alkanes) is 19. The summed E-state index contributed by atoms with van der Waals surface area (Å²) >= 11 is 0. The number of esters is 2. The number of carboxylic acid groups (broad SMARTS) is 1. The van der Waals surface area contributed by atoms with Gasteiger partial charge in [0.05, 0.1) is 13.2 Å². The third kappa shape index (κ3) is 34.8. The highest BCUT2D eigenvalue weighted by Gasteiger charge is 2.28. The molecular weight excluding hydrogens is 673 g/mol. The molecular formula is C39H72NO10P. The number of aliphatic carboxylic acids is 1. The fraction of sp³-hybridized carbons (Fsp3) is 0.821. The van der Waals surface area contributed by atoms with Crippen LogP contribution in [-0.4, -0.2) is 59.9 Å². The van der Waals surface area contributed by atoms with E-state index in [0.717, 1.165) is 64.2 Å². The third-order valence-electron chi connectivity index (χ3n) is 8.42. The van der Waals surface area contributed by atoms with E-state index in [1.54, 1.807) is 0 Å².